The van der Waals surface area contributed by atoms with Crippen molar-refractivity contribution in [1.82, 2.24) is 4.98 Å². The van der Waals surface area contributed by atoms with Gasteiger partial charge in [0.15, 0.2) is 0 Å². The second-order valence-electron chi connectivity index (χ2n) is 2.85. The molecule has 0 fully saturated rings. The summed E-state index contributed by atoms with van der Waals surface area (Å²) in [5.41, 5.74) is 0. The quantitative estimate of drug-likeness (QED) is 0.768. The fourth-order valence-corrected chi connectivity index (χ4v) is 1.36. The molecule has 5 nitrogen and oxygen atoms in total. The van der Waals surface area contributed by atoms with E-state index >= 15 is 0 Å². The molecule has 0 saturated carbocycles. The maximum atomic E-state index is 10.9. The van der Waals surface area contributed by atoms with E-state index < -0.39 is 10.0 Å². The van der Waals surface area contributed by atoms with Gasteiger partial charge < -0.3 is 5.32 Å². The Bertz CT molecular complexity index is 386. The van der Waals surface area contributed by atoms with Crippen molar-refractivity contribution in [3.8, 4) is 0 Å². The highest BCUT2D eigenvalue weighted by atomic mass is 32.2. The number of hydrogen-bond donors (Lipinski definition) is 2. The summed E-state index contributed by atoms with van der Waals surface area (Å²) in [6.45, 7) is 2.84. The predicted octanol–water partition coefficient (Wildman–Crippen LogP) is 0.551. The van der Waals surface area contributed by atoms with E-state index in [4.69, 9.17) is 5.14 Å². The first-order valence-electron chi connectivity index (χ1n) is 4.26. The molecule has 1 aromatic heterocycles. The van der Waals surface area contributed by atoms with Crippen LogP contribution in [0.25, 0.3) is 0 Å². The smallest absolute Gasteiger partial charge is 0.239 e. The van der Waals surface area contributed by atoms with Crippen molar-refractivity contribution in [3.05, 3.63) is 18.3 Å². The third kappa shape index (κ3) is 2.97. The lowest BCUT2D eigenvalue weighted by Gasteiger charge is -2.03. The van der Waals surface area contributed by atoms with E-state index in [9.17, 15) is 8.42 Å². The standard InChI is InChI=1S/C8H13N3O2S/c1-2-5-10-8-4-3-7(6-11-8)14(9,12)13/h3-4,6H,2,5H2,1H3,(H,10,11)(H2,9,12,13). The molecule has 0 unspecified atom stereocenters. The number of sulfonamides is 1. The summed E-state index contributed by atoms with van der Waals surface area (Å²) >= 11 is 0. The molecule has 0 radical (unpaired) electrons. The van der Waals surface area contributed by atoms with Gasteiger partial charge in [0.2, 0.25) is 10.0 Å². The van der Waals surface area contributed by atoms with Crippen LogP contribution in [0, 0.1) is 0 Å². The zero-order valence-electron chi connectivity index (χ0n) is 7.90. The Labute approximate surface area is 83.4 Å². The van der Waals surface area contributed by atoms with Gasteiger partial charge in [0.05, 0.1) is 0 Å². The van der Waals surface area contributed by atoms with Crippen LogP contribution in [0.2, 0.25) is 0 Å². The first-order chi connectivity index (χ1) is 6.54. The van der Waals surface area contributed by atoms with E-state index in [1.165, 1.54) is 12.3 Å². The van der Waals surface area contributed by atoms with Crippen molar-refractivity contribution in [3.63, 3.8) is 0 Å². The average molecular weight is 215 g/mol. The molecule has 0 amide bonds. The first-order valence-corrected chi connectivity index (χ1v) is 5.81. The summed E-state index contributed by atoms with van der Waals surface area (Å²) < 4.78 is 21.8. The highest BCUT2D eigenvalue weighted by Gasteiger charge is 2.06. The third-order valence-corrected chi connectivity index (χ3v) is 2.52. The lowest BCUT2D eigenvalue weighted by molar-refractivity contribution is 0.597. The summed E-state index contributed by atoms with van der Waals surface area (Å²) in [6.07, 6.45) is 2.23. The fourth-order valence-electron chi connectivity index (χ4n) is 0.906. The number of nitrogens with two attached hydrogens (primary N) is 1. The van der Waals surface area contributed by atoms with Crippen molar-refractivity contribution in [2.45, 2.75) is 18.2 Å². The molecule has 0 bridgehead atoms. The first kappa shape index (κ1) is 10.9. The van der Waals surface area contributed by atoms with Gasteiger partial charge in [0.1, 0.15) is 10.7 Å². The molecule has 1 heterocycles. The fraction of sp³-hybridized carbons (Fsp3) is 0.375. The SMILES string of the molecule is CCCNc1ccc(S(N)(=O)=O)cn1. The number of hydrogen-bond acceptors (Lipinski definition) is 4. The molecule has 0 atom stereocenters. The number of primary sulfonamides is 1. The molecular formula is C8H13N3O2S. The molecule has 0 saturated heterocycles. The van der Waals surface area contributed by atoms with Crippen molar-refractivity contribution in [1.29, 1.82) is 0 Å². The van der Waals surface area contributed by atoms with Crippen molar-refractivity contribution in [2.24, 2.45) is 5.14 Å². The summed E-state index contributed by atoms with van der Waals surface area (Å²) in [5.74, 6) is 0.652. The zero-order valence-corrected chi connectivity index (χ0v) is 8.71. The lowest BCUT2D eigenvalue weighted by atomic mass is 10.4. The predicted molar refractivity (Wildman–Crippen MR) is 54.4 cm³/mol. The van der Waals surface area contributed by atoms with Gasteiger partial charge >= 0.3 is 0 Å². The van der Waals surface area contributed by atoms with Crippen molar-refractivity contribution >= 4 is 15.8 Å². The highest BCUT2D eigenvalue weighted by Crippen LogP contribution is 2.08. The molecule has 6 heteroatoms. The van der Waals surface area contributed by atoms with E-state index in [0.29, 0.717) is 5.82 Å². The minimum absolute atomic E-state index is 0.0274. The van der Waals surface area contributed by atoms with Crippen LogP contribution in [0.1, 0.15) is 13.3 Å². The molecule has 0 aliphatic heterocycles. The molecule has 0 aromatic carbocycles. The highest BCUT2D eigenvalue weighted by molar-refractivity contribution is 7.89. The molecule has 1 aromatic rings. The number of rotatable bonds is 4. The van der Waals surface area contributed by atoms with Gasteiger partial charge in [0.25, 0.3) is 0 Å². The van der Waals surface area contributed by atoms with Gasteiger partial charge in [-0.1, -0.05) is 6.92 Å². The van der Waals surface area contributed by atoms with Crippen LogP contribution in [0.15, 0.2) is 23.2 Å². The van der Waals surface area contributed by atoms with Gasteiger partial charge in [-0.25, -0.2) is 18.5 Å². The monoisotopic (exact) mass is 215 g/mol. The van der Waals surface area contributed by atoms with Crippen LogP contribution in [0.5, 0.6) is 0 Å². The van der Waals surface area contributed by atoms with Crippen LogP contribution in [0.3, 0.4) is 0 Å². The molecule has 14 heavy (non-hydrogen) atoms. The van der Waals surface area contributed by atoms with Crippen LogP contribution in [-0.2, 0) is 10.0 Å². The van der Waals surface area contributed by atoms with Gasteiger partial charge in [-0.15, -0.1) is 0 Å². The van der Waals surface area contributed by atoms with Gasteiger partial charge in [-0.05, 0) is 18.6 Å². The van der Waals surface area contributed by atoms with Gasteiger partial charge in [0, 0.05) is 12.7 Å². The van der Waals surface area contributed by atoms with E-state index in [2.05, 4.69) is 10.3 Å². The second-order valence-corrected chi connectivity index (χ2v) is 4.41. The van der Waals surface area contributed by atoms with Crippen LogP contribution in [0.4, 0.5) is 5.82 Å². The zero-order chi connectivity index (χ0) is 10.6. The van der Waals surface area contributed by atoms with Gasteiger partial charge in [-0.2, -0.15) is 0 Å². The second kappa shape index (κ2) is 4.39. The minimum atomic E-state index is -3.63. The molecule has 78 valence electrons. The Morgan fingerprint density at radius 2 is 2.21 bits per heavy atom. The molecule has 1 rings (SSSR count). The maximum Gasteiger partial charge on any atom is 0.239 e. The van der Waals surface area contributed by atoms with E-state index in [-0.39, 0.29) is 4.90 Å². The maximum absolute atomic E-state index is 10.9. The van der Waals surface area contributed by atoms with Crippen LogP contribution in [-0.4, -0.2) is 19.9 Å². The average Bonchev–Trinajstić information content (AvgIpc) is 2.14. The van der Waals surface area contributed by atoms with E-state index in [1.807, 2.05) is 6.92 Å². The van der Waals surface area contributed by atoms with E-state index in [0.717, 1.165) is 13.0 Å². The molecule has 0 aliphatic carbocycles. The molecular weight excluding hydrogens is 202 g/mol. The Balaban J connectivity index is 2.79. The number of nitrogens with one attached hydrogen (secondary N) is 1. The summed E-state index contributed by atoms with van der Waals surface area (Å²) in [5, 5.41) is 7.95. The number of anilines is 1. The van der Waals surface area contributed by atoms with Crippen molar-refractivity contribution < 1.29 is 8.42 Å². The Kier molecular flexibility index (Phi) is 3.43. The largest absolute Gasteiger partial charge is 0.370 e. The molecule has 0 aliphatic rings. The minimum Gasteiger partial charge on any atom is -0.370 e. The lowest BCUT2D eigenvalue weighted by Crippen LogP contribution is -2.12. The number of aromatic nitrogens is 1. The third-order valence-electron chi connectivity index (χ3n) is 1.62. The molecule has 0 spiro atoms. The normalized spacial score (nSPS) is 11.3. The summed E-state index contributed by atoms with van der Waals surface area (Å²) in [4.78, 5) is 3.94. The van der Waals surface area contributed by atoms with E-state index in [1.54, 1.807) is 6.07 Å². The van der Waals surface area contributed by atoms with Gasteiger partial charge in [-0.3, -0.25) is 0 Å². The summed E-state index contributed by atoms with van der Waals surface area (Å²) in [7, 11) is -3.63. The Morgan fingerprint density at radius 1 is 1.50 bits per heavy atom. The molecule has 3 N–H and O–H groups in total. The van der Waals surface area contributed by atoms with Crippen LogP contribution >= 0.6 is 0 Å². The summed E-state index contributed by atoms with van der Waals surface area (Å²) in [6, 6.07) is 3.02. The Morgan fingerprint density at radius 3 is 2.64 bits per heavy atom. The number of pyridine rings is 1. The van der Waals surface area contributed by atoms with Crippen LogP contribution < -0.4 is 10.5 Å². The topological polar surface area (TPSA) is 85.1 Å². The Hall–Kier alpha value is -1.14. The van der Waals surface area contributed by atoms with Crippen molar-refractivity contribution in [2.75, 3.05) is 11.9 Å². The number of nitrogens with zero attached hydrogens (tertiary/aromatic N) is 1.